The number of anilines is 3. The molecule has 1 unspecified atom stereocenters. The number of nitrogens with zero attached hydrogens (tertiary/aromatic N) is 1. The molecule has 0 radical (unpaired) electrons. The van der Waals surface area contributed by atoms with E-state index < -0.39 is 0 Å². The van der Waals surface area contributed by atoms with E-state index in [4.69, 9.17) is 4.74 Å². The Morgan fingerprint density at radius 2 is 1.09 bits per heavy atom. The van der Waals surface area contributed by atoms with Gasteiger partial charge in [-0.2, -0.15) is 0 Å². The van der Waals surface area contributed by atoms with Gasteiger partial charge in [0.2, 0.25) is 0 Å². The summed E-state index contributed by atoms with van der Waals surface area (Å²) in [5.74, 6) is 2.28. The van der Waals surface area contributed by atoms with Crippen molar-refractivity contribution in [2.45, 2.75) is 12.3 Å². The number of benzene rings is 9. The van der Waals surface area contributed by atoms with E-state index in [0.29, 0.717) is 5.92 Å². The van der Waals surface area contributed by atoms with Crippen LogP contribution in [0.3, 0.4) is 0 Å². The molecule has 1 aliphatic heterocycles. The summed E-state index contributed by atoms with van der Waals surface area (Å²) in [7, 11) is 0. The zero-order valence-corrected chi connectivity index (χ0v) is 29.6. The molecule has 9 aromatic rings. The molecule has 0 saturated carbocycles. The van der Waals surface area contributed by atoms with Gasteiger partial charge in [-0.3, -0.25) is 0 Å². The summed E-state index contributed by atoms with van der Waals surface area (Å²) in [4.78, 5) is 2.34. The maximum absolute atomic E-state index is 6.44. The minimum Gasteiger partial charge on any atom is -0.461 e. The van der Waals surface area contributed by atoms with Crippen LogP contribution in [0.1, 0.15) is 17.9 Å². The lowest BCUT2D eigenvalue weighted by molar-refractivity contribution is 0.425. The third-order valence-corrected chi connectivity index (χ3v) is 11.4. The van der Waals surface area contributed by atoms with Gasteiger partial charge in [-0.15, -0.1) is 0 Å². The highest BCUT2D eigenvalue weighted by molar-refractivity contribution is 6.20. The second kappa shape index (κ2) is 12.4. The highest BCUT2D eigenvalue weighted by Crippen LogP contribution is 2.48. The highest BCUT2D eigenvalue weighted by Gasteiger charge is 2.30. The second-order valence-corrected chi connectivity index (χ2v) is 14.5. The van der Waals surface area contributed by atoms with Crippen LogP contribution >= 0.6 is 0 Å². The van der Waals surface area contributed by atoms with Crippen LogP contribution in [-0.2, 0) is 0 Å². The van der Waals surface area contributed by atoms with Crippen molar-refractivity contribution in [3.8, 4) is 28.0 Å². The Bertz CT molecular complexity index is 2980. The highest BCUT2D eigenvalue weighted by atomic mass is 16.5. The fourth-order valence-corrected chi connectivity index (χ4v) is 8.69. The van der Waals surface area contributed by atoms with Crippen molar-refractivity contribution < 1.29 is 4.74 Å². The first kappa shape index (κ1) is 30.7. The molecule has 11 rings (SSSR count). The van der Waals surface area contributed by atoms with Gasteiger partial charge in [-0.05, 0) is 114 Å². The first-order valence-electron chi connectivity index (χ1n) is 18.8. The van der Waals surface area contributed by atoms with Crippen LogP contribution in [0.2, 0.25) is 0 Å². The van der Waals surface area contributed by atoms with Crippen molar-refractivity contribution >= 4 is 60.2 Å². The van der Waals surface area contributed by atoms with E-state index in [-0.39, 0.29) is 0 Å². The molecule has 0 aromatic heterocycles. The van der Waals surface area contributed by atoms with Gasteiger partial charge in [0.25, 0.3) is 0 Å². The van der Waals surface area contributed by atoms with E-state index in [1.165, 1.54) is 70.9 Å². The van der Waals surface area contributed by atoms with Gasteiger partial charge in [0.15, 0.2) is 0 Å². The van der Waals surface area contributed by atoms with Crippen molar-refractivity contribution in [3.63, 3.8) is 0 Å². The Kier molecular flexibility index (Phi) is 7.03. The van der Waals surface area contributed by atoms with Gasteiger partial charge in [-0.1, -0.05) is 146 Å². The van der Waals surface area contributed by atoms with E-state index in [1.807, 2.05) is 0 Å². The molecule has 1 heterocycles. The third kappa shape index (κ3) is 5.03. The van der Waals surface area contributed by atoms with Gasteiger partial charge < -0.3 is 9.64 Å². The molecule has 9 aromatic carbocycles. The Morgan fingerprint density at radius 3 is 1.91 bits per heavy atom. The van der Waals surface area contributed by atoms with Crippen LogP contribution in [0.5, 0.6) is 5.75 Å². The molecule has 0 saturated heterocycles. The molecule has 0 bridgehead atoms. The zero-order chi connectivity index (χ0) is 35.6. The Balaban J connectivity index is 0.986. The van der Waals surface area contributed by atoms with E-state index in [9.17, 15) is 0 Å². The van der Waals surface area contributed by atoms with Gasteiger partial charge in [0, 0.05) is 34.6 Å². The summed E-state index contributed by atoms with van der Waals surface area (Å²) < 4.78 is 6.44. The fraction of sp³-hybridized carbons (Fsp3) is 0.0385. The standard InChI is InChI=1S/C52H35NO/c1-3-11-44-35(8-1)10-7-14-45(44)37-22-27-42(28-23-37)53(43-29-31-49-48-13-5-6-15-50(48)54-51(49)33-43)41-25-20-34(21-26-41)39-24-30-47-40(32-39)19-18-38-17-16-36-9-2-4-12-46(36)52(38)47/h1-12,14-33,48H,13H2. The lowest BCUT2D eigenvalue weighted by Gasteiger charge is -2.26. The average molecular weight is 690 g/mol. The molecule has 0 N–H and O–H groups in total. The number of hydrogen-bond acceptors (Lipinski definition) is 2. The van der Waals surface area contributed by atoms with Crippen molar-refractivity contribution in [1.82, 2.24) is 0 Å². The SMILES string of the molecule is C1=CCC2C(=C1)Oc1cc(N(c3ccc(-c4ccc5c(ccc6ccc7ccccc7c65)c4)cc3)c3ccc(-c4cccc5ccccc45)cc3)ccc12. The van der Waals surface area contributed by atoms with Crippen molar-refractivity contribution in [1.29, 1.82) is 0 Å². The lowest BCUT2D eigenvalue weighted by atomic mass is 9.92. The van der Waals surface area contributed by atoms with Crippen molar-refractivity contribution in [2.75, 3.05) is 4.90 Å². The molecule has 0 spiro atoms. The number of ether oxygens (including phenoxy) is 1. The van der Waals surface area contributed by atoms with Crippen molar-refractivity contribution in [2.24, 2.45) is 0 Å². The molecule has 0 fully saturated rings. The van der Waals surface area contributed by atoms with Crippen LogP contribution in [0.25, 0.3) is 65.3 Å². The fourth-order valence-electron chi connectivity index (χ4n) is 8.69. The average Bonchev–Trinajstić information content (AvgIpc) is 3.62. The van der Waals surface area contributed by atoms with Gasteiger partial charge in [0.1, 0.15) is 11.5 Å². The van der Waals surface area contributed by atoms with Gasteiger partial charge in [-0.25, -0.2) is 0 Å². The minimum atomic E-state index is 0.297. The molecule has 2 aliphatic rings. The van der Waals surface area contributed by atoms with Crippen LogP contribution in [-0.4, -0.2) is 0 Å². The summed E-state index contributed by atoms with van der Waals surface area (Å²) in [5, 5.41) is 10.2. The summed E-state index contributed by atoms with van der Waals surface area (Å²) >= 11 is 0. The van der Waals surface area contributed by atoms with Crippen LogP contribution < -0.4 is 9.64 Å². The minimum absolute atomic E-state index is 0.297. The Labute approximate surface area is 314 Å². The van der Waals surface area contributed by atoms with Crippen LogP contribution in [0.15, 0.2) is 200 Å². The predicted molar refractivity (Wildman–Crippen MR) is 227 cm³/mol. The van der Waals surface area contributed by atoms with Crippen molar-refractivity contribution in [3.05, 3.63) is 205 Å². The number of hydrogen-bond donors (Lipinski definition) is 0. The summed E-state index contributed by atoms with van der Waals surface area (Å²) in [5.41, 5.74) is 9.33. The summed E-state index contributed by atoms with van der Waals surface area (Å²) in [6, 6.07) is 64.3. The Hall–Kier alpha value is -6.90. The van der Waals surface area contributed by atoms with Gasteiger partial charge >= 0.3 is 0 Å². The predicted octanol–water partition coefficient (Wildman–Crippen LogP) is 14.4. The molecule has 0 amide bonds. The Morgan fingerprint density at radius 1 is 0.463 bits per heavy atom. The summed E-state index contributed by atoms with van der Waals surface area (Å²) in [6.45, 7) is 0. The van der Waals surface area contributed by atoms with E-state index in [1.54, 1.807) is 0 Å². The molecule has 254 valence electrons. The number of rotatable bonds is 5. The van der Waals surface area contributed by atoms with Crippen LogP contribution in [0, 0.1) is 0 Å². The first-order valence-corrected chi connectivity index (χ1v) is 18.8. The maximum atomic E-state index is 6.44. The largest absolute Gasteiger partial charge is 0.461 e. The summed E-state index contributed by atoms with van der Waals surface area (Å²) in [6.07, 6.45) is 7.41. The third-order valence-electron chi connectivity index (χ3n) is 11.4. The molecule has 2 nitrogen and oxygen atoms in total. The normalized spacial score (nSPS) is 14.6. The quantitative estimate of drug-likeness (QED) is 0.167. The molecular weight excluding hydrogens is 655 g/mol. The van der Waals surface area contributed by atoms with E-state index in [2.05, 4.69) is 199 Å². The molecular formula is C52H35NO. The molecule has 1 aliphatic carbocycles. The molecule has 2 heteroatoms. The lowest BCUT2D eigenvalue weighted by Crippen LogP contribution is -2.10. The number of allylic oxidation sites excluding steroid dienone is 4. The van der Waals surface area contributed by atoms with E-state index in [0.717, 1.165) is 35.0 Å². The molecule has 1 atom stereocenters. The number of fused-ring (bicyclic) bond motifs is 9. The molecule has 54 heavy (non-hydrogen) atoms. The zero-order valence-electron chi connectivity index (χ0n) is 29.6. The second-order valence-electron chi connectivity index (χ2n) is 14.5. The maximum Gasteiger partial charge on any atom is 0.132 e. The van der Waals surface area contributed by atoms with Crippen LogP contribution in [0.4, 0.5) is 17.1 Å². The van der Waals surface area contributed by atoms with Gasteiger partial charge in [0.05, 0.1) is 0 Å². The monoisotopic (exact) mass is 689 g/mol. The smallest absolute Gasteiger partial charge is 0.132 e. The topological polar surface area (TPSA) is 12.5 Å². The first-order chi connectivity index (χ1) is 26.7. The van der Waals surface area contributed by atoms with E-state index >= 15 is 0 Å².